The number of hydrogen-bond donors (Lipinski definition) is 2. The molecule has 0 bridgehead atoms. The molecule has 1 heterocycles. The van der Waals surface area contributed by atoms with E-state index in [1.165, 1.54) is 0 Å². The number of nitrogens with two attached hydrogens (primary N) is 1. The van der Waals surface area contributed by atoms with E-state index in [2.05, 4.69) is 10.3 Å². The second-order valence-electron chi connectivity index (χ2n) is 5.35. The zero-order valence-electron chi connectivity index (χ0n) is 14.8. The van der Waals surface area contributed by atoms with Crippen LogP contribution in [0.15, 0.2) is 42.6 Å². The van der Waals surface area contributed by atoms with Gasteiger partial charge in [0.25, 0.3) is 0 Å². The fraction of sp³-hybridized carbons (Fsp3) is 0.333. The van der Waals surface area contributed by atoms with E-state index in [-0.39, 0.29) is 18.3 Å². The molecular weight excluding hydrogens is 374 g/mol. The zero-order valence-corrected chi connectivity index (χ0v) is 16.4. The fourth-order valence-electron chi connectivity index (χ4n) is 2.12. The van der Waals surface area contributed by atoms with Crippen molar-refractivity contribution in [3.05, 3.63) is 48.2 Å². The molecule has 0 aliphatic heterocycles. The van der Waals surface area contributed by atoms with E-state index >= 15 is 0 Å². The van der Waals surface area contributed by atoms with Crippen molar-refractivity contribution in [3.63, 3.8) is 0 Å². The van der Waals surface area contributed by atoms with Gasteiger partial charge in [-0.05, 0) is 36.6 Å². The summed E-state index contributed by atoms with van der Waals surface area (Å²) in [6.45, 7) is 0.305. The molecule has 0 saturated carbocycles. The Bertz CT molecular complexity index is 703. The number of hydrogen-bond acceptors (Lipinski definition) is 6. The van der Waals surface area contributed by atoms with Crippen LogP contribution in [-0.2, 0) is 11.3 Å². The lowest BCUT2D eigenvalue weighted by Gasteiger charge is -2.14. The highest BCUT2D eigenvalue weighted by Gasteiger charge is 2.14. The van der Waals surface area contributed by atoms with E-state index in [0.29, 0.717) is 30.3 Å². The molecule has 1 amide bonds. The predicted molar refractivity (Wildman–Crippen MR) is 107 cm³/mol. The van der Waals surface area contributed by atoms with Crippen LogP contribution >= 0.6 is 24.2 Å². The lowest BCUT2D eigenvalue weighted by atomic mass is 10.2. The number of benzene rings is 1. The average molecular weight is 398 g/mol. The maximum absolute atomic E-state index is 12.1. The van der Waals surface area contributed by atoms with E-state index in [1.807, 2.05) is 30.5 Å². The second-order valence-corrected chi connectivity index (χ2v) is 6.34. The van der Waals surface area contributed by atoms with Gasteiger partial charge in [0.05, 0.1) is 13.2 Å². The van der Waals surface area contributed by atoms with Crippen LogP contribution in [0.25, 0.3) is 0 Å². The van der Waals surface area contributed by atoms with Gasteiger partial charge in [-0.1, -0.05) is 12.1 Å². The molecule has 8 heteroatoms. The molecule has 1 aromatic heterocycles. The number of nitrogens with one attached hydrogen (secondary N) is 1. The summed E-state index contributed by atoms with van der Waals surface area (Å²) in [4.78, 5) is 16.3. The van der Waals surface area contributed by atoms with Crippen molar-refractivity contribution in [1.29, 1.82) is 0 Å². The molecule has 142 valence electrons. The highest BCUT2D eigenvalue weighted by Crippen LogP contribution is 2.26. The number of methoxy groups -OCH3 is 1. The van der Waals surface area contributed by atoms with Gasteiger partial charge in [0.2, 0.25) is 11.8 Å². The third-order valence-corrected chi connectivity index (χ3v) is 4.17. The van der Waals surface area contributed by atoms with Gasteiger partial charge in [-0.15, -0.1) is 12.4 Å². The van der Waals surface area contributed by atoms with Crippen molar-refractivity contribution < 1.29 is 14.3 Å². The summed E-state index contributed by atoms with van der Waals surface area (Å²) in [5.41, 5.74) is 6.65. The number of carbonyl (C=O) groups is 1. The van der Waals surface area contributed by atoms with Crippen molar-refractivity contribution in [1.82, 2.24) is 10.3 Å². The van der Waals surface area contributed by atoms with Crippen LogP contribution in [0, 0.1) is 0 Å². The molecule has 0 spiro atoms. The van der Waals surface area contributed by atoms with Gasteiger partial charge in [-0.2, -0.15) is 11.8 Å². The molecule has 0 aliphatic carbocycles. The average Bonchev–Trinajstić information content (AvgIpc) is 2.65. The molecule has 26 heavy (non-hydrogen) atoms. The summed E-state index contributed by atoms with van der Waals surface area (Å²) in [6, 6.07) is 10.4. The van der Waals surface area contributed by atoms with Crippen LogP contribution in [0.1, 0.15) is 12.0 Å². The van der Waals surface area contributed by atoms with E-state index in [0.717, 1.165) is 11.3 Å². The van der Waals surface area contributed by atoms with Gasteiger partial charge in [0, 0.05) is 24.4 Å². The van der Waals surface area contributed by atoms with Crippen LogP contribution in [0.5, 0.6) is 17.4 Å². The third-order valence-electron chi connectivity index (χ3n) is 3.53. The van der Waals surface area contributed by atoms with Crippen LogP contribution in [0.4, 0.5) is 0 Å². The van der Waals surface area contributed by atoms with Crippen LogP contribution < -0.4 is 20.5 Å². The van der Waals surface area contributed by atoms with Crippen molar-refractivity contribution in [2.24, 2.45) is 5.73 Å². The van der Waals surface area contributed by atoms with Crippen LogP contribution in [0.2, 0.25) is 0 Å². The number of aromatic nitrogens is 1. The number of nitrogens with zero attached hydrogens (tertiary/aromatic N) is 1. The first-order valence-electron chi connectivity index (χ1n) is 7.92. The zero-order chi connectivity index (χ0) is 18.1. The van der Waals surface area contributed by atoms with Gasteiger partial charge in [-0.25, -0.2) is 4.98 Å². The molecule has 0 fully saturated rings. The van der Waals surface area contributed by atoms with E-state index in [4.69, 9.17) is 15.2 Å². The molecule has 0 unspecified atom stereocenters. The third kappa shape index (κ3) is 6.74. The Hall–Kier alpha value is -1.96. The van der Waals surface area contributed by atoms with Gasteiger partial charge >= 0.3 is 0 Å². The monoisotopic (exact) mass is 397 g/mol. The SMILES string of the molecule is COc1cccc(Oc2ncccc2CNC(=O)[C@@H](N)CCSC)c1.Cl. The highest BCUT2D eigenvalue weighted by molar-refractivity contribution is 7.98. The van der Waals surface area contributed by atoms with Gasteiger partial charge in [0.15, 0.2) is 0 Å². The Morgan fingerprint density at radius 1 is 1.31 bits per heavy atom. The first-order chi connectivity index (χ1) is 12.1. The Kier molecular flexibility index (Phi) is 9.87. The maximum Gasteiger partial charge on any atom is 0.237 e. The molecular formula is C18H24ClN3O3S. The van der Waals surface area contributed by atoms with Crippen LogP contribution in [0.3, 0.4) is 0 Å². The molecule has 2 rings (SSSR count). The summed E-state index contributed by atoms with van der Waals surface area (Å²) >= 11 is 1.67. The van der Waals surface area contributed by atoms with Gasteiger partial charge < -0.3 is 20.5 Å². The van der Waals surface area contributed by atoms with E-state index in [1.54, 1.807) is 37.2 Å². The number of carbonyl (C=O) groups excluding carboxylic acids is 1. The molecule has 1 aromatic carbocycles. The molecule has 6 nitrogen and oxygen atoms in total. The Balaban J connectivity index is 0.00000338. The smallest absolute Gasteiger partial charge is 0.237 e. The van der Waals surface area contributed by atoms with Crippen molar-refractivity contribution in [2.75, 3.05) is 19.1 Å². The lowest BCUT2D eigenvalue weighted by Crippen LogP contribution is -2.40. The number of pyridine rings is 1. The van der Waals surface area contributed by atoms with Crippen molar-refractivity contribution in [2.45, 2.75) is 19.0 Å². The van der Waals surface area contributed by atoms with Gasteiger partial charge in [0.1, 0.15) is 11.5 Å². The van der Waals surface area contributed by atoms with Crippen LogP contribution in [-0.4, -0.2) is 36.1 Å². The number of halogens is 1. The minimum absolute atomic E-state index is 0. The normalized spacial score (nSPS) is 11.2. The van der Waals surface area contributed by atoms with Crippen molar-refractivity contribution >= 4 is 30.1 Å². The quantitative estimate of drug-likeness (QED) is 0.676. The minimum atomic E-state index is -0.508. The largest absolute Gasteiger partial charge is 0.497 e. The van der Waals surface area contributed by atoms with E-state index in [9.17, 15) is 4.79 Å². The molecule has 0 saturated heterocycles. The standard InChI is InChI=1S/C18H23N3O3S.ClH/c1-23-14-6-3-7-15(11-14)24-18-13(5-4-9-20-18)12-21-17(22)16(19)8-10-25-2;/h3-7,9,11,16H,8,10,12,19H2,1-2H3,(H,21,22);1H/t16-;/m0./s1. The summed E-state index contributed by atoms with van der Waals surface area (Å²) < 4.78 is 11.0. The number of amides is 1. The summed E-state index contributed by atoms with van der Waals surface area (Å²) in [6.07, 6.45) is 4.28. The Morgan fingerprint density at radius 2 is 2.08 bits per heavy atom. The number of ether oxygens (including phenoxy) is 2. The molecule has 1 atom stereocenters. The first-order valence-corrected chi connectivity index (χ1v) is 9.31. The summed E-state index contributed by atoms with van der Waals surface area (Å²) in [5.74, 6) is 2.43. The predicted octanol–water partition coefficient (Wildman–Crippen LogP) is 3.00. The molecule has 2 aromatic rings. The summed E-state index contributed by atoms with van der Waals surface area (Å²) in [5, 5.41) is 2.84. The molecule has 0 radical (unpaired) electrons. The lowest BCUT2D eigenvalue weighted by molar-refractivity contribution is -0.122. The summed E-state index contributed by atoms with van der Waals surface area (Å²) in [7, 11) is 1.60. The van der Waals surface area contributed by atoms with E-state index < -0.39 is 6.04 Å². The topological polar surface area (TPSA) is 86.5 Å². The second kappa shape index (κ2) is 11.6. The molecule has 0 aliphatic rings. The number of rotatable bonds is 9. The minimum Gasteiger partial charge on any atom is -0.497 e. The number of thioether (sulfide) groups is 1. The highest BCUT2D eigenvalue weighted by atomic mass is 35.5. The fourth-order valence-corrected chi connectivity index (χ4v) is 2.61. The Morgan fingerprint density at radius 3 is 2.81 bits per heavy atom. The Labute approximate surface area is 164 Å². The first kappa shape index (κ1) is 22.1. The molecule has 3 N–H and O–H groups in total. The van der Waals surface area contributed by atoms with Crippen molar-refractivity contribution in [3.8, 4) is 17.4 Å². The maximum atomic E-state index is 12.1. The van der Waals surface area contributed by atoms with Gasteiger partial charge in [-0.3, -0.25) is 4.79 Å².